The summed E-state index contributed by atoms with van der Waals surface area (Å²) in [4.78, 5) is 0. The van der Waals surface area contributed by atoms with Crippen LogP contribution in [0.2, 0.25) is 0 Å². The highest BCUT2D eigenvalue weighted by Gasteiger charge is 2.04. The third-order valence-corrected chi connectivity index (χ3v) is 1.21. The van der Waals surface area contributed by atoms with Gasteiger partial charge in [-0.05, 0) is 24.6 Å². The molecule has 1 aromatic rings. The molecule has 3 nitrogen and oxygen atoms in total. The molecule has 0 saturated carbocycles. The molecule has 3 heteroatoms. The molecule has 0 fully saturated rings. The van der Waals surface area contributed by atoms with Crippen LogP contribution >= 0.6 is 0 Å². The second-order valence-corrected chi connectivity index (χ2v) is 2.15. The molecule has 68 valence electrons. The molecule has 12 heavy (non-hydrogen) atoms. The minimum atomic E-state index is -0.467. The standard InChI is InChI=1S/C7H8O3.C2H6/c1-4-2-5(8)7(10)6(9)3-4;1-2/h2-3,8-10H,1H3;1-2H3. The van der Waals surface area contributed by atoms with Gasteiger partial charge in [0.05, 0.1) is 0 Å². The summed E-state index contributed by atoms with van der Waals surface area (Å²) in [5.41, 5.74) is 0.702. The number of phenols is 3. The molecule has 1 aromatic carbocycles. The maximum Gasteiger partial charge on any atom is 0.200 e. The van der Waals surface area contributed by atoms with Crippen LogP contribution in [0.5, 0.6) is 17.2 Å². The Hall–Kier alpha value is -1.38. The molecule has 0 aliphatic heterocycles. The van der Waals surface area contributed by atoms with Crippen molar-refractivity contribution in [1.29, 1.82) is 0 Å². The summed E-state index contributed by atoms with van der Waals surface area (Å²) >= 11 is 0. The number of aromatic hydroxyl groups is 3. The molecule has 0 aliphatic carbocycles. The van der Waals surface area contributed by atoms with E-state index in [9.17, 15) is 0 Å². The minimum absolute atomic E-state index is 0.294. The molecular weight excluding hydrogens is 156 g/mol. The third-order valence-electron chi connectivity index (χ3n) is 1.21. The average Bonchev–Trinajstić information content (AvgIpc) is 2.04. The lowest BCUT2D eigenvalue weighted by molar-refractivity contribution is 0.367. The summed E-state index contributed by atoms with van der Waals surface area (Å²) in [6.45, 7) is 5.71. The van der Waals surface area contributed by atoms with Crippen LogP contribution in [-0.4, -0.2) is 15.3 Å². The number of hydrogen-bond acceptors (Lipinski definition) is 3. The smallest absolute Gasteiger partial charge is 0.200 e. The van der Waals surface area contributed by atoms with Gasteiger partial charge in [-0.1, -0.05) is 13.8 Å². The Morgan fingerprint density at radius 2 is 1.25 bits per heavy atom. The van der Waals surface area contributed by atoms with Gasteiger partial charge in [0.25, 0.3) is 0 Å². The van der Waals surface area contributed by atoms with E-state index in [-0.39, 0.29) is 11.5 Å². The van der Waals surface area contributed by atoms with Crippen LogP contribution in [0.4, 0.5) is 0 Å². The molecule has 0 saturated heterocycles. The van der Waals surface area contributed by atoms with E-state index in [1.807, 2.05) is 13.8 Å². The monoisotopic (exact) mass is 170 g/mol. The van der Waals surface area contributed by atoms with Crippen molar-refractivity contribution in [2.45, 2.75) is 20.8 Å². The topological polar surface area (TPSA) is 60.7 Å². The highest BCUT2D eigenvalue weighted by atomic mass is 16.3. The maximum atomic E-state index is 8.87. The summed E-state index contributed by atoms with van der Waals surface area (Å²) < 4.78 is 0. The first kappa shape index (κ1) is 10.6. The predicted molar refractivity (Wildman–Crippen MR) is 47.5 cm³/mol. The number of phenolic OH excluding ortho intramolecular Hbond substituents is 3. The van der Waals surface area contributed by atoms with Crippen molar-refractivity contribution >= 4 is 0 Å². The highest BCUT2D eigenvalue weighted by Crippen LogP contribution is 2.34. The van der Waals surface area contributed by atoms with Gasteiger partial charge in [0.15, 0.2) is 17.2 Å². The second-order valence-electron chi connectivity index (χ2n) is 2.15. The molecule has 0 aromatic heterocycles. The van der Waals surface area contributed by atoms with E-state index in [0.29, 0.717) is 5.56 Å². The molecule has 0 unspecified atom stereocenters. The fourth-order valence-corrected chi connectivity index (χ4v) is 0.741. The van der Waals surface area contributed by atoms with Crippen LogP contribution in [0.1, 0.15) is 19.4 Å². The minimum Gasteiger partial charge on any atom is -0.504 e. The first-order valence-electron chi connectivity index (χ1n) is 3.83. The van der Waals surface area contributed by atoms with Crippen molar-refractivity contribution in [3.8, 4) is 17.2 Å². The molecule has 0 atom stereocenters. The summed E-state index contributed by atoms with van der Waals surface area (Å²) in [5, 5.41) is 26.6. The van der Waals surface area contributed by atoms with Gasteiger partial charge in [0, 0.05) is 0 Å². The summed E-state index contributed by atoms with van der Waals surface area (Å²) in [6.07, 6.45) is 0. The van der Waals surface area contributed by atoms with Crippen LogP contribution < -0.4 is 0 Å². The van der Waals surface area contributed by atoms with Gasteiger partial charge in [-0.2, -0.15) is 0 Å². The van der Waals surface area contributed by atoms with Crippen molar-refractivity contribution in [2.24, 2.45) is 0 Å². The third kappa shape index (κ3) is 2.34. The van der Waals surface area contributed by atoms with E-state index >= 15 is 0 Å². The zero-order valence-corrected chi connectivity index (χ0v) is 7.50. The Labute approximate surface area is 71.9 Å². The number of aryl methyl sites for hydroxylation is 1. The first-order chi connectivity index (χ1) is 5.61. The van der Waals surface area contributed by atoms with Crippen molar-refractivity contribution in [3.05, 3.63) is 17.7 Å². The SMILES string of the molecule is CC.Cc1cc(O)c(O)c(O)c1. The van der Waals surface area contributed by atoms with Crippen LogP contribution in [0, 0.1) is 6.92 Å². The van der Waals surface area contributed by atoms with Gasteiger partial charge in [-0.15, -0.1) is 0 Å². The molecule has 0 bridgehead atoms. The van der Waals surface area contributed by atoms with Gasteiger partial charge in [0.2, 0.25) is 0 Å². The van der Waals surface area contributed by atoms with Gasteiger partial charge in [0.1, 0.15) is 0 Å². The van der Waals surface area contributed by atoms with Crippen LogP contribution in [0.3, 0.4) is 0 Å². The summed E-state index contributed by atoms with van der Waals surface area (Å²) in [6, 6.07) is 2.74. The Kier molecular flexibility index (Phi) is 3.97. The van der Waals surface area contributed by atoms with Crippen molar-refractivity contribution < 1.29 is 15.3 Å². The van der Waals surface area contributed by atoms with Crippen LogP contribution in [0.15, 0.2) is 12.1 Å². The highest BCUT2D eigenvalue weighted by molar-refractivity contribution is 5.50. The molecule has 0 amide bonds. The van der Waals surface area contributed by atoms with E-state index in [1.165, 1.54) is 12.1 Å². The van der Waals surface area contributed by atoms with E-state index < -0.39 is 5.75 Å². The summed E-state index contributed by atoms with van der Waals surface area (Å²) in [5.74, 6) is -1.05. The van der Waals surface area contributed by atoms with E-state index in [1.54, 1.807) is 6.92 Å². The molecule has 3 N–H and O–H groups in total. The fourth-order valence-electron chi connectivity index (χ4n) is 0.741. The number of hydrogen-bond donors (Lipinski definition) is 3. The lowest BCUT2D eigenvalue weighted by Gasteiger charge is -2.00. The van der Waals surface area contributed by atoms with E-state index in [4.69, 9.17) is 15.3 Å². The van der Waals surface area contributed by atoms with Gasteiger partial charge >= 0.3 is 0 Å². The molecule has 1 rings (SSSR count). The zero-order valence-electron chi connectivity index (χ0n) is 7.50. The lowest BCUT2D eigenvalue weighted by Crippen LogP contribution is -1.74. The largest absolute Gasteiger partial charge is 0.504 e. The molecule has 0 aliphatic rings. The molecule has 0 heterocycles. The Bertz CT molecular complexity index is 233. The molecule has 0 radical (unpaired) electrons. The van der Waals surface area contributed by atoms with Crippen molar-refractivity contribution in [1.82, 2.24) is 0 Å². The van der Waals surface area contributed by atoms with E-state index in [2.05, 4.69) is 0 Å². The van der Waals surface area contributed by atoms with Crippen LogP contribution in [-0.2, 0) is 0 Å². The van der Waals surface area contributed by atoms with Crippen molar-refractivity contribution in [2.75, 3.05) is 0 Å². The normalized spacial score (nSPS) is 8.58. The number of rotatable bonds is 0. The van der Waals surface area contributed by atoms with E-state index in [0.717, 1.165) is 0 Å². The quantitative estimate of drug-likeness (QED) is 0.523. The summed E-state index contributed by atoms with van der Waals surface area (Å²) in [7, 11) is 0. The first-order valence-corrected chi connectivity index (χ1v) is 3.83. The Morgan fingerprint density at radius 3 is 1.58 bits per heavy atom. The fraction of sp³-hybridized carbons (Fsp3) is 0.333. The van der Waals surface area contributed by atoms with Crippen LogP contribution in [0.25, 0.3) is 0 Å². The molecular formula is C9H14O3. The zero-order chi connectivity index (χ0) is 9.72. The number of benzene rings is 1. The Morgan fingerprint density at radius 1 is 0.917 bits per heavy atom. The molecule has 0 spiro atoms. The van der Waals surface area contributed by atoms with Crippen molar-refractivity contribution in [3.63, 3.8) is 0 Å². The lowest BCUT2D eigenvalue weighted by atomic mass is 10.2. The van der Waals surface area contributed by atoms with Gasteiger partial charge in [-0.25, -0.2) is 0 Å². The maximum absolute atomic E-state index is 8.87. The predicted octanol–water partition coefficient (Wildman–Crippen LogP) is 2.14. The van der Waals surface area contributed by atoms with Gasteiger partial charge in [-0.3, -0.25) is 0 Å². The second kappa shape index (κ2) is 4.49. The van der Waals surface area contributed by atoms with Gasteiger partial charge < -0.3 is 15.3 Å². The Balaban J connectivity index is 0.000000561. The average molecular weight is 170 g/mol.